The molecule has 0 spiro atoms. The number of rotatable bonds is 2. The van der Waals surface area contributed by atoms with Crippen molar-refractivity contribution in [1.82, 2.24) is 9.55 Å². The second-order valence-electron chi connectivity index (χ2n) is 4.82. The first-order valence-corrected chi connectivity index (χ1v) is 6.38. The van der Waals surface area contributed by atoms with Gasteiger partial charge >= 0.3 is 0 Å². The zero-order chi connectivity index (χ0) is 14.1. The Hall–Kier alpha value is -2.62. The van der Waals surface area contributed by atoms with Gasteiger partial charge in [0.05, 0.1) is 11.9 Å². The number of pyridine rings is 2. The van der Waals surface area contributed by atoms with Crippen LogP contribution in [0.3, 0.4) is 0 Å². The summed E-state index contributed by atoms with van der Waals surface area (Å²) in [5, 5.41) is 10.4. The fourth-order valence-corrected chi connectivity index (χ4v) is 2.33. The van der Waals surface area contributed by atoms with Gasteiger partial charge in [-0.25, -0.2) is 4.98 Å². The van der Waals surface area contributed by atoms with Crippen LogP contribution in [-0.2, 0) is 6.54 Å². The number of aromatic nitrogens is 2. The Morgan fingerprint density at radius 2 is 2.05 bits per heavy atom. The minimum atomic E-state index is -0.254. The van der Waals surface area contributed by atoms with Crippen molar-refractivity contribution in [2.24, 2.45) is 0 Å². The summed E-state index contributed by atoms with van der Waals surface area (Å²) in [6.07, 6.45) is 1.62. The number of benzene rings is 1. The lowest BCUT2D eigenvalue weighted by Crippen LogP contribution is -2.20. The van der Waals surface area contributed by atoms with Crippen molar-refractivity contribution in [1.29, 1.82) is 0 Å². The zero-order valence-electron chi connectivity index (χ0n) is 11.1. The minimum absolute atomic E-state index is 0.0291. The van der Waals surface area contributed by atoms with E-state index in [4.69, 9.17) is 0 Å². The molecule has 1 N–H and O–H groups in total. The number of aromatic hydroxyl groups is 1. The van der Waals surface area contributed by atoms with Crippen LogP contribution in [0.5, 0.6) is 5.75 Å². The van der Waals surface area contributed by atoms with E-state index in [1.165, 1.54) is 6.07 Å². The maximum absolute atomic E-state index is 12.1. The predicted octanol–water partition coefficient (Wildman–Crippen LogP) is 2.46. The fraction of sp³-hybridized carbons (Fsp3) is 0.125. The summed E-state index contributed by atoms with van der Waals surface area (Å²) < 4.78 is 1.57. The summed E-state index contributed by atoms with van der Waals surface area (Å²) in [5.74, 6) is -0.0291. The van der Waals surface area contributed by atoms with E-state index in [0.29, 0.717) is 17.6 Å². The molecule has 0 bridgehead atoms. The van der Waals surface area contributed by atoms with Gasteiger partial charge in [-0.2, -0.15) is 0 Å². The molecular formula is C16H14N2O2. The summed E-state index contributed by atoms with van der Waals surface area (Å²) in [7, 11) is 0. The van der Waals surface area contributed by atoms with Crippen LogP contribution in [-0.4, -0.2) is 14.7 Å². The molecule has 1 aromatic carbocycles. The van der Waals surface area contributed by atoms with Crippen molar-refractivity contribution in [2.45, 2.75) is 13.5 Å². The standard InChI is InChI=1S/C16H14N2O2/c1-11-4-2-5-12(8-11)10-18-15(20)9-14(19)13-6-3-7-17-16(13)18/h2-9,19H,10H2,1H3. The van der Waals surface area contributed by atoms with E-state index in [-0.39, 0.29) is 11.3 Å². The Morgan fingerprint density at radius 3 is 2.85 bits per heavy atom. The molecule has 0 saturated carbocycles. The predicted molar refractivity (Wildman–Crippen MR) is 77.9 cm³/mol. The Labute approximate surface area is 116 Å². The highest BCUT2D eigenvalue weighted by atomic mass is 16.3. The highest BCUT2D eigenvalue weighted by molar-refractivity contribution is 5.81. The molecular weight excluding hydrogens is 252 g/mol. The van der Waals surface area contributed by atoms with Crippen LogP contribution in [0, 0.1) is 6.92 Å². The summed E-state index contributed by atoms with van der Waals surface area (Å²) in [5.41, 5.74) is 2.42. The number of hydrogen-bond donors (Lipinski definition) is 1. The molecule has 100 valence electrons. The molecule has 0 radical (unpaired) electrons. The van der Waals surface area contributed by atoms with E-state index in [1.807, 2.05) is 31.2 Å². The molecule has 0 aliphatic carbocycles. The van der Waals surface area contributed by atoms with Crippen LogP contribution >= 0.6 is 0 Å². The van der Waals surface area contributed by atoms with Gasteiger partial charge in [0.15, 0.2) is 0 Å². The summed E-state index contributed by atoms with van der Waals surface area (Å²) in [4.78, 5) is 16.3. The largest absolute Gasteiger partial charge is 0.507 e. The Bertz CT molecular complexity index is 837. The van der Waals surface area contributed by atoms with Crippen LogP contribution in [0.4, 0.5) is 0 Å². The molecule has 0 amide bonds. The van der Waals surface area contributed by atoms with Crippen molar-refractivity contribution in [3.63, 3.8) is 0 Å². The first-order chi connectivity index (χ1) is 9.65. The lowest BCUT2D eigenvalue weighted by Gasteiger charge is -2.10. The maximum Gasteiger partial charge on any atom is 0.256 e. The number of nitrogens with zero attached hydrogens (tertiary/aromatic N) is 2. The second kappa shape index (κ2) is 4.81. The zero-order valence-corrected chi connectivity index (χ0v) is 11.1. The molecule has 0 fully saturated rings. The number of hydrogen-bond acceptors (Lipinski definition) is 3. The number of fused-ring (bicyclic) bond motifs is 1. The molecule has 0 aliphatic rings. The van der Waals surface area contributed by atoms with Gasteiger partial charge in [-0.1, -0.05) is 29.8 Å². The minimum Gasteiger partial charge on any atom is -0.507 e. The van der Waals surface area contributed by atoms with Gasteiger partial charge in [0.2, 0.25) is 0 Å². The van der Waals surface area contributed by atoms with Gasteiger partial charge < -0.3 is 5.11 Å². The maximum atomic E-state index is 12.1. The molecule has 2 heterocycles. The molecule has 0 unspecified atom stereocenters. The van der Waals surface area contributed by atoms with Crippen LogP contribution < -0.4 is 5.56 Å². The Morgan fingerprint density at radius 1 is 1.20 bits per heavy atom. The first-order valence-electron chi connectivity index (χ1n) is 6.38. The second-order valence-corrected chi connectivity index (χ2v) is 4.82. The monoisotopic (exact) mass is 266 g/mol. The molecule has 0 saturated heterocycles. The Kier molecular flexibility index (Phi) is 2.99. The lowest BCUT2D eigenvalue weighted by atomic mass is 10.1. The van der Waals surface area contributed by atoms with Crippen molar-refractivity contribution in [3.05, 3.63) is 70.1 Å². The van der Waals surface area contributed by atoms with Gasteiger partial charge in [-0.15, -0.1) is 0 Å². The molecule has 2 aromatic heterocycles. The average molecular weight is 266 g/mol. The van der Waals surface area contributed by atoms with E-state index >= 15 is 0 Å². The van der Waals surface area contributed by atoms with Crippen molar-refractivity contribution >= 4 is 11.0 Å². The summed E-state index contributed by atoms with van der Waals surface area (Å²) >= 11 is 0. The normalized spacial score (nSPS) is 10.8. The quantitative estimate of drug-likeness (QED) is 0.775. The average Bonchev–Trinajstić information content (AvgIpc) is 2.43. The van der Waals surface area contributed by atoms with Crippen molar-refractivity contribution in [3.8, 4) is 5.75 Å². The SMILES string of the molecule is Cc1cccc(Cn2c(=O)cc(O)c3cccnc32)c1. The highest BCUT2D eigenvalue weighted by Crippen LogP contribution is 2.20. The van der Waals surface area contributed by atoms with Crippen LogP contribution in [0.2, 0.25) is 0 Å². The fourth-order valence-electron chi connectivity index (χ4n) is 2.33. The molecule has 4 nitrogen and oxygen atoms in total. The van der Waals surface area contributed by atoms with Crippen LogP contribution in [0.25, 0.3) is 11.0 Å². The van der Waals surface area contributed by atoms with E-state index < -0.39 is 0 Å². The molecule has 3 aromatic rings. The molecule has 0 atom stereocenters. The smallest absolute Gasteiger partial charge is 0.256 e. The number of aryl methyl sites for hydroxylation is 1. The first kappa shape index (κ1) is 12.4. The van der Waals surface area contributed by atoms with Gasteiger partial charge in [0.1, 0.15) is 11.4 Å². The van der Waals surface area contributed by atoms with E-state index in [1.54, 1.807) is 22.9 Å². The molecule has 3 rings (SSSR count). The van der Waals surface area contributed by atoms with Gasteiger partial charge in [0, 0.05) is 12.3 Å². The van der Waals surface area contributed by atoms with Gasteiger partial charge in [-0.3, -0.25) is 9.36 Å². The third-order valence-corrected chi connectivity index (χ3v) is 3.27. The third-order valence-electron chi connectivity index (χ3n) is 3.27. The Balaban J connectivity index is 2.19. The molecule has 20 heavy (non-hydrogen) atoms. The van der Waals surface area contributed by atoms with Gasteiger partial charge in [0.25, 0.3) is 5.56 Å². The molecule has 0 aliphatic heterocycles. The lowest BCUT2D eigenvalue weighted by molar-refractivity contribution is 0.479. The van der Waals surface area contributed by atoms with E-state index in [9.17, 15) is 9.90 Å². The highest BCUT2D eigenvalue weighted by Gasteiger charge is 2.09. The van der Waals surface area contributed by atoms with Crippen molar-refractivity contribution in [2.75, 3.05) is 0 Å². The van der Waals surface area contributed by atoms with Crippen LogP contribution in [0.15, 0.2) is 53.5 Å². The van der Waals surface area contributed by atoms with Crippen LogP contribution in [0.1, 0.15) is 11.1 Å². The van der Waals surface area contributed by atoms with Gasteiger partial charge in [-0.05, 0) is 24.6 Å². The summed E-state index contributed by atoms with van der Waals surface area (Å²) in [6.45, 7) is 2.45. The summed E-state index contributed by atoms with van der Waals surface area (Å²) in [6, 6.07) is 12.7. The molecule has 4 heteroatoms. The van der Waals surface area contributed by atoms with Crippen molar-refractivity contribution < 1.29 is 5.11 Å². The third kappa shape index (κ3) is 2.16. The van der Waals surface area contributed by atoms with E-state index in [2.05, 4.69) is 4.98 Å². The topological polar surface area (TPSA) is 55.1 Å². The van der Waals surface area contributed by atoms with E-state index in [0.717, 1.165) is 11.1 Å².